The topological polar surface area (TPSA) is 91.5 Å². The molecule has 1 amide bonds. The molecule has 2 fully saturated rings. The summed E-state index contributed by atoms with van der Waals surface area (Å²) in [6.45, 7) is 5.13. The maximum atomic E-state index is 14.4. The van der Waals surface area contributed by atoms with Crippen LogP contribution < -0.4 is 10.2 Å². The van der Waals surface area contributed by atoms with Crippen LogP contribution in [0.2, 0.25) is 0 Å². The highest BCUT2D eigenvalue weighted by Crippen LogP contribution is 2.44. The smallest absolute Gasteiger partial charge is 0.264 e. The van der Waals surface area contributed by atoms with Crippen LogP contribution in [0.5, 0.6) is 0 Å². The Morgan fingerprint density at radius 1 is 1.10 bits per heavy atom. The van der Waals surface area contributed by atoms with Crippen molar-refractivity contribution in [2.45, 2.75) is 83.4 Å². The molecule has 1 saturated heterocycles. The second kappa shape index (κ2) is 12.1. The van der Waals surface area contributed by atoms with E-state index in [-0.39, 0.29) is 17.6 Å². The Labute approximate surface area is 245 Å². The first-order valence-electron chi connectivity index (χ1n) is 15.3. The van der Waals surface area contributed by atoms with Crippen molar-refractivity contribution in [3.05, 3.63) is 46.9 Å². The summed E-state index contributed by atoms with van der Waals surface area (Å²) in [4.78, 5) is 16.3. The van der Waals surface area contributed by atoms with E-state index in [2.05, 4.69) is 20.0 Å². The number of alkyl halides is 2. The van der Waals surface area contributed by atoms with Gasteiger partial charge in [-0.3, -0.25) is 14.2 Å². The van der Waals surface area contributed by atoms with Gasteiger partial charge in [0.15, 0.2) is 5.82 Å². The molecule has 11 heteroatoms. The molecule has 5 heterocycles. The number of fused-ring (bicyclic) bond motifs is 2. The Balaban J connectivity index is 0.000000573. The molecule has 0 atom stereocenters. The number of β-amino-alcohol motifs (C(OH)–C–C–N with tert-alkyl or cyclic N) is 1. The van der Waals surface area contributed by atoms with Crippen LogP contribution in [0.15, 0.2) is 24.5 Å². The zero-order valence-electron chi connectivity index (χ0n) is 24.5. The molecule has 0 bridgehead atoms. The van der Waals surface area contributed by atoms with Crippen molar-refractivity contribution in [3.63, 3.8) is 0 Å². The molecule has 7 rings (SSSR count). The monoisotopic (exact) mass is 581 g/mol. The molecule has 1 aliphatic carbocycles. The lowest BCUT2D eigenvalue weighted by atomic mass is 9.92. The van der Waals surface area contributed by atoms with E-state index in [9.17, 15) is 13.6 Å². The van der Waals surface area contributed by atoms with E-state index >= 15 is 0 Å². The third-order valence-corrected chi connectivity index (χ3v) is 9.07. The molecule has 0 radical (unpaired) electrons. The van der Waals surface area contributed by atoms with E-state index in [0.29, 0.717) is 30.3 Å². The summed E-state index contributed by atoms with van der Waals surface area (Å²) < 4.78 is 32.6. The maximum Gasteiger partial charge on any atom is 0.264 e. The maximum absolute atomic E-state index is 14.4. The van der Waals surface area contributed by atoms with Crippen molar-refractivity contribution in [1.29, 1.82) is 0 Å². The summed E-state index contributed by atoms with van der Waals surface area (Å²) in [5.74, 6) is 0.893. The number of benzene rings is 1. The van der Waals surface area contributed by atoms with Gasteiger partial charge in [-0.2, -0.15) is 10.2 Å². The molecule has 226 valence electrons. The second-order valence-corrected chi connectivity index (χ2v) is 12.0. The van der Waals surface area contributed by atoms with Crippen molar-refractivity contribution in [2.75, 3.05) is 31.1 Å². The van der Waals surface area contributed by atoms with Crippen molar-refractivity contribution in [2.24, 2.45) is 7.05 Å². The van der Waals surface area contributed by atoms with Crippen LogP contribution in [-0.4, -0.2) is 67.8 Å². The van der Waals surface area contributed by atoms with Crippen LogP contribution in [0.3, 0.4) is 0 Å². The number of carbonyl (C=O) groups excluding carboxylic acids is 1. The molecule has 0 unspecified atom stereocenters. The van der Waals surface area contributed by atoms with E-state index in [1.807, 2.05) is 11.0 Å². The van der Waals surface area contributed by atoms with E-state index in [4.69, 9.17) is 10.2 Å². The van der Waals surface area contributed by atoms with Gasteiger partial charge in [-0.15, -0.1) is 0 Å². The van der Waals surface area contributed by atoms with Crippen molar-refractivity contribution in [3.8, 4) is 11.1 Å². The van der Waals surface area contributed by atoms with E-state index in [0.717, 1.165) is 74.4 Å². The lowest BCUT2D eigenvalue weighted by Crippen LogP contribution is -2.46. The van der Waals surface area contributed by atoms with Crippen LogP contribution >= 0.6 is 0 Å². The van der Waals surface area contributed by atoms with Gasteiger partial charge >= 0.3 is 0 Å². The summed E-state index contributed by atoms with van der Waals surface area (Å²) in [5, 5.41) is 20.7. The van der Waals surface area contributed by atoms with Gasteiger partial charge in [0.2, 0.25) is 5.91 Å². The van der Waals surface area contributed by atoms with Crippen LogP contribution in [0.25, 0.3) is 11.1 Å². The number of nitrogens with zero attached hydrogens (tertiary/aromatic N) is 6. The average Bonchev–Trinajstić information content (AvgIpc) is 3.59. The lowest BCUT2D eigenvalue weighted by Gasteiger charge is -2.33. The molecule has 1 saturated carbocycles. The minimum absolute atomic E-state index is 0.0181. The Bertz CT molecular complexity index is 1420. The second-order valence-electron chi connectivity index (χ2n) is 12.0. The van der Waals surface area contributed by atoms with Gasteiger partial charge in [0, 0.05) is 80.8 Å². The molecule has 2 N–H and O–H groups in total. The Morgan fingerprint density at radius 3 is 2.48 bits per heavy atom. The van der Waals surface area contributed by atoms with E-state index in [1.165, 1.54) is 25.0 Å². The van der Waals surface area contributed by atoms with Gasteiger partial charge in [-0.05, 0) is 48.9 Å². The van der Waals surface area contributed by atoms with Crippen LogP contribution in [0.4, 0.5) is 20.3 Å². The summed E-state index contributed by atoms with van der Waals surface area (Å²) in [6.07, 6.45) is 9.20. The molecule has 1 aromatic carbocycles. The third kappa shape index (κ3) is 5.68. The van der Waals surface area contributed by atoms with Crippen molar-refractivity contribution >= 4 is 17.4 Å². The van der Waals surface area contributed by atoms with Gasteiger partial charge in [0.05, 0.1) is 24.9 Å². The zero-order chi connectivity index (χ0) is 29.4. The van der Waals surface area contributed by atoms with Gasteiger partial charge in [0.25, 0.3) is 6.43 Å². The molecule has 4 aliphatic rings. The highest BCUT2D eigenvalue weighted by atomic mass is 19.3. The average molecular weight is 582 g/mol. The molecule has 3 aromatic rings. The Kier molecular flexibility index (Phi) is 8.31. The number of aliphatic hydroxyl groups excluding tert-OH is 1. The van der Waals surface area contributed by atoms with Crippen LogP contribution in [-0.2, 0) is 31.2 Å². The first-order chi connectivity index (χ1) is 20.3. The number of aliphatic hydroxyl groups is 1. The summed E-state index contributed by atoms with van der Waals surface area (Å²) in [5.41, 5.74) is 5.42. The minimum atomic E-state index is -2.61. The number of rotatable bonds is 4. The van der Waals surface area contributed by atoms with Crippen LogP contribution in [0.1, 0.15) is 80.3 Å². The minimum Gasteiger partial charge on any atom is -0.390 e. The first-order valence-corrected chi connectivity index (χ1v) is 15.3. The van der Waals surface area contributed by atoms with E-state index in [1.54, 1.807) is 37.1 Å². The standard InChI is InChI=1S/C28H34F2N6O.C3H7NO/c1-18(37)34-12-10-25-24(17-34)28(32-36(25)21-8-4-3-5-9-21)35-11-6-7-19-13-22(20-15-31-33(2)16-20)23(27(29)30)14-26(19)35;5-3-1-4-2-3/h13-16,21,27H,3-12,17H2,1-2H3;3-5H,1-2H2. The largest absolute Gasteiger partial charge is 0.390 e. The fourth-order valence-corrected chi connectivity index (χ4v) is 6.67. The predicted octanol–water partition coefficient (Wildman–Crippen LogP) is 4.67. The third-order valence-electron chi connectivity index (χ3n) is 9.07. The summed E-state index contributed by atoms with van der Waals surface area (Å²) >= 11 is 0. The normalized spacial score (nSPS) is 19.2. The number of anilines is 2. The molecule has 42 heavy (non-hydrogen) atoms. The fourth-order valence-electron chi connectivity index (χ4n) is 6.67. The number of aromatic nitrogens is 4. The van der Waals surface area contributed by atoms with Gasteiger partial charge in [-0.25, -0.2) is 8.78 Å². The number of hydrogen-bond donors (Lipinski definition) is 2. The molecule has 9 nitrogen and oxygen atoms in total. The van der Waals surface area contributed by atoms with Crippen LogP contribution in [0, 0.1) is 0 Å². The molecular weight excluding hydrogens is 540 g/mol. The number of hydrogen-bond acceptors (Lipinski definition) is 6. The van der Waals surface area contributed by atoms with Gasteiger partial charge < -0.3 is 20.2 Å². The Hall–Kier alpha value is -3.31. The first kappa shape index (κ1) is 28.8. The number of carbonyl (C=O) groups is 1. The highest BCUT2D eigenvalue weighted by molar-refractivity contribution is 5.78. The van der Waals surface area contributed by atoms with E-state index < -0.39 is 6.43 Å². The number of aryl methyl sites for hydroxylation is 2. The lowest BCUT2D eigenvalue weighted by molar-refractivity contribution is -0.129. The predicted molar refractivity (Wildman–Crippen MR) is 157 cm³/mol. The molecular formula is C31H41F2N7O2. The van der Waals surface area contributed by atoms with Crippen molar-refractivity contribution in [1.82, 2.24) is 29.8 Å². The fraction of sp³-hybridized carbons (Fsp3) is 0.581. The zero-order valence-corrected chi connectivity index (χ0v) is 24.5. The summed E-state index contributed by atoms with van der Waals surface area (Å²) in [6, 6.07) is 3.96. The van der Waals surface area contributed by atoms with Crippen molar-refractivity contribution < 1.29 is 18.7 Å². The number of halogens is 2. The molecule has 3 aliphatic heterocycles. The Morgan fingerprint density at radius 2 is 1.86 bits per heavy atom. The highest BCUT2D eigenvalue weighted by Gasteiger charge is 2.34. The molecule has 0 spiro atoms. The summed E-state index contributed by atoms with van der Waals surface area (Å²) in [7, 11) is 1.79. The quantitative estimate of drug-likeness (QED) is 0.466. The number of amides is 1. The SMILES string of the molecule is CC(=O)N1CCc2c(c(N3CCCc4cc(-c5cnn(C)c5)c(C(F)F)cc43)nn2C2CCCCC2)C1.OC1CNC1. The molecule has 2 aromatic heterocycles. The number of nitrogens with one attached hydrogen (secondary N) is 1. The van der Waals surface area contributed by atoms with Gasteiger partial charge in [-0.1, -0.05) is 19.3 Å². The van der Waals surface area contributed by atoms with Gasteiger partial charge in [0.1, 0.15) is 0 Å².